The van der Waals surface area contributed by atoms with Crippen LogP contribution >= 0.6 is 0 Å². The average Bonchev–Trinajstić information content (AvgIpc) is 2.34. The highest BCUT2D eigenvalue weighted by molar-refractivity contribution is 7.90. The number of anilines is 1. The Balaban J connectivity index is 2.81. The van der Waals surface area contributed by atoms with E-state index in [-0.39, 0.29) is 5.95 Å². The number of rotatable bonds is 3. The molecule has 1 rings (SSSR count). The highest BCUT2D eigenvalue weighted by Gasteiger charge is 2.14. The zero-order chi connectivity index (χ0) is 10.1. The van der Waals surface area contributed by atoms with Gasteiger partial charge in [0.15, 0.2) is 0 Å². The van der Waals surface area contributed by atoms with E-state index >= 15 is 0 Å². The van der Waals surface area contributed by atoms with Crippen LogP contribution in [0.3, 0.4) is 0 Å². The fraction of sp³-hybridized carbons (Fsp3) is 0.600. The summed E-state index contributed by atoms with van der Waals surface area (Å²) in [6.45, 7) is 1.68. The summed E-state index contributed by atoms with van der Waals surface area (Å²) in [6.07, 6.45) is 0. The summed E-state index contributed by atoms with van der Waals surface area (Å²) in [5.41, 5.74) is 0. The molecule has 0 aromatic carbocycles. The minimum Gasteiger partial charge on any atom is -0.261 e. The molecule has 0 radical (unpaired) electrons. The van der Waals surface area contributed by atoms with Crippen LogP contribution < -0.4 is 4.72 Å². The summed E-state index contributed by atoms with van der Waals surface area (Å²) in [6, 6.07) is 0. The summed E-state index contributed by atoms with van der Waals surface area (Å²) in [5.74, 6) is 0.600. The van der Waals surface area contributed by atoms with Crippen molar-refractivity contribution in [3.8, 4) is 0 Å². The Morgan fingerprint density at radius 3 is 2.46 bits per heavy atom. The van der Waals surface area contributed by atoms with Gasteiger partial charge in [-0.1, -0.05) is 0 Å². The van der Waals surface area contributed by atoms with Crippen LogP contribution in [-0.4, -0.2) is 42.0 Å². The molecule has 0 amide bonds. The number of aromatic amines is 1. The Kier molecular flexibility index (Phi) is 2.52. The van der Waals surface area contributed by atoms with Crippen LogP contribution in [-0.2, 0) is 10.2 Å². The second-order valence-corrected chi connectivity index (χ2v) is 4.52. The Hall–Kier alpha value is -1.15. The number of hydrogen-bond donors (Lipinski definition) is 2. The Morgan fingerprint density at radius 2 is 2.08 bits per heavy atom. The van der Waals surface area contributed by atoms with Crippen LogP contribution in [0.25, 0.3) is 0 Å². The highest BCUT2D eigenvalue weighted by atomic mass is 32.2. The molecule has 1 aromatic rings. The van der Waals surface area contributed by atoms with Crippen molar-refractivity contribution in [3.05, 3.63) is 5.82 Å². The van der Waals surface area contributed by atoms with Crippen LogP contribution in [0.5, 0.6) is 0 Å². The van der Waals surface area contributed by atoms with Gasteiger partial charge in [-0.2, -0.15) is 17.7 Å². The lowest BCUT2D eigenvalue weighted by molar-refractivity contribution is 0.526. The maximum atomic E-state index is 11.2. The zero-order valence-electron chi connectivity index (χ0n) is 7.57. The second kappa shape index (κ2) is 3.30. The largest absolute Gasteiger partial charge is 0.303 e. The molecule has 0 bridgehead atoms. The lowest BCUT2D eigenvalue weighted by Gasteiger charge is -2.09. The quantitative estimate of drug-likeness (QED) is 0.684. The molecule has 0 saturated heterocycles. The molecule has 7 nitrogen and oxygen atoms in total. The van der Waals surface area contributed by atoms with E-state index in [9.17, 15) is 8.42 Å². The predicted octanol–water partition coefficient (Wildman–Crippen LogP) is -0.669. The molecule has 8 heteroatoms. The summed E-state index contributed by atoms with van der Waals surface area (Å²) >= 11 is 0. The smallest absolute Gasteiger partial charge is 0.261 e. The summed E-state index contributed by atoms with van der Waals surface area (Å²) < 4.78 is 25.7. The van der Waals surface area contributed by atoms with Crippen LogP contribution in [0, 0.1) is 6.92 Å². The van der Waals surface area contributed by atoms with Crippen LogP contribution in [0.2, 0.25) is 0 Å². The minimum atomic E-state index is -3.50. The van der Waals surface area contributed by atoms with Gasteiger partial charge in [0, 0.05) is 14.1 Å². The molecule has 1 heterocycles. The summed E-state index contributed by atoms with van der Waals surface area (Å²) in [4.78, 5) is 3.79. The molecule has 0 atom stereocenters. The number of nitrogens with one attached hydrogen (secondary N) is 2. The Bertz CT molecular complexity index is 381. The topological polar surface area (TPSA) is 91.0 Å². The number of nitrogens with zero attached hydrogens (tertiary/aromatic N) is 3. The molecule has 0 aliphatic rings. The van der Waals surface area contributed by atoms with E-state index in [0.29, 0.717) is 5.82 Å². The molecule has 0 spiro atoms. The van der Waals surface area contributed by atoms with Crippen molar-refractivity contribution < 1.29 is 8.42 Å². The van der Waals surface area contributed by atoms with E-state index in [1.165, 1.54) is 14.1 Å². The number of aromatic nitrogens is 3. The van der Waals surface area contributed by atoms with Crippen molar-refractivity contribution >= 4 is 16.2 Å². The zero-order valence-corrected chi connectivity index (χ0v) is 8.38. The molecular weight excluding hydrogens is 194 g/mol. The number of aryl methyl sites for hydroxylation is 1. The maximum absolute atomic E-state index is 11.2. The van der Waals surface area contributed by atoms with E-state index < -0.39 is 10.2 Å². The van der Waals surface area contributed by atoms with Gasteiger partial charge in [-0.15, -0.1) is 5.10 Å². The SMILES string of the molecule is Cc1nc(NS(=O)(=O)N(C)C)n[nH]1. The first-order valence-corrected chi connectivity index (χ1v) is 4.95. The van der Waals surface area contributed by atoms with Gasteiger partial charge in [-0.25, -0.2) is 4.72 Å². The lowest BCUT2D eigenvalue weighted by atomic mass is 10.8. The van der Waals surface area contributed by atoms with Gasteiger partial charge in [0.2, 0.25) is 0 Å². The minimum absolute atomic E-state index is 0.0474. The molecule has 13 heavy (non-hydrogen) atoms. The molecule has 0 fully saturated rings. The van der Waals surface area contributed by atoms with E-state index in [4.69, 9.17) is 0 Å². The molecule has 0 aliphatic carbocycles. The van der Waals surface area contributed by atoms with E-state index in [2.05, 4.69) is 19.9 Å². The first-order chi connectivity index (χ1) is 5.92. The van der Waals surface area contributed by atoms with Gasteiger partial charge in [0.05, 0.1) is 0 Å². The average molecular weight is 205 g/mol. The Morgan fingerprint density at radius 1 is 1.46 bits per heavy atom. The van der Waals surface area contributed by atoms with E-state index in [1.807, 2.05) is 0 Å². The first kappa shape index (κ1) is 9.93. The van der Waals surface area contributed by atoms with Gasteiger partial charge in [0.25, 0.3) is 5.95 Å². The van der Waals surface area contributed by atoms with E-state index in [1.54, 1.807) is 6.92 Å². The molecule has 0 aliphatic heterocycles. The number of hydrogen-bond acceptors (Lipinski definition) is 4. The lowest BCUT2D eigenvalue weighted by Crippen LogP contribution is -2.29. The Labute approximate surface area is 76.3 Å². The van der Waals surface area contributed by atoms with Gasteiger partial charge in [0.1, 0.15) is 5.82 Å². The number of H-pyrrole nitrogens is 1. The van der Waals surface area contributed by atoms with Crippen LogP contribution in [0.1, 0.15) is 5.82 Å². The van der Waals surface area contributed by atoms with Crippen molar-refractivity contribution in [1.82, 2.24) is 19.5 Å². The fourth-order valence-electron chi connectivity index (χ4n) is 0.595. The molecule has 0 unspecified atom stereocenters. The highest BCUT2D eigenvalue weighted by Crippen LogP contribution is 2.02. The molecule has 0 saturated carbocycles. The van der Waals surface area contributed by atoms with Gasteiger partial charge in [-0.3, -0.25) is 5.10 Å². The normalized spacial score (nSPS) is 12.0. The van der Waals surface area contributed by atoms with Crippen LogP contribution in [0.15, 0.2) is 0 Å². The van der Waals surface area contributed by atoms with E-state index in [0.717, 1.165) is 4.31 Å². The van der Waals surface area contributed by atoms with Crippen molar-refractivity contribution in [1.29, 1.82) is 0 Å². The van der Waals surface area contributed by atoms with Gasteiger partial charge < -0.3 is 0 Å². The third-order valence-corrected chi connectivity index (χ3v) is 2.70. The summed E-state index contributed by atoms with van der Waals surface area (Å²) in [7, 11) is -0.663. The monoisotopic (exact) mass is 205 g/mol. The molecular formula is C5H11N5O2S. The molecule has 2 N–H and O–H groups in total. The molecule has 1 aromatic heterocycles. The third-order valence-electron chi connectivity index (χ3n) is 1.30. The van der Waals surface area contributed by atoms with Gasteiger partial charge >= 0.3 is 10.2 Å². The molecule has 74 valence electrons. The maximum Gasteiger partial charge on any atom is 0.303 e. The van der Waals surface area contributed by atoms with Gasteiger partial charge in [-0.05, 0) is 6.92 Å². The second-order valence-electron chi connectivity index (χ2n) is 2.63. The van der Waals surface area contributed by atoms with Crippen molar-refractivity contribution in [3.63, 3.8) is 0 Å². The predicted molar refractivity (Wildman–Crippen MR) is 47.3 cm³/mol. The first-order valence-electron chi connectivity index (χ1n) is 3.51. The fourth-order valence-corrected chi connectivity index (χ4v) is 1.10. The third kappa shape index (κ3) is 2.39. The van der Waals surface area contributed by atoms with Crippen molar-refractivity contribution in [2.45, 2.75) is 6.92 Å². The van der Waals surface area contributed by atoms with Crippen LogP contribution in [0.4, 0.5) is 5.95 Å². The summed E-state index contributed by atoms with van der Waals surface area (Å²) in [5, 5.41) is 6.15. The van der Waals surface area contributed by atoms with Crippen molar-refractivity contribution in [2.75, 3.05) is 18.8 Å². The standard InChI is InChI=1S/C5H11N5O2S/c1-4-6-5(8-7-4)9-13(11,12)10(2)3/h1-3H3,(H2,6,7,8,9). The van der Waals surface area contributed by atoms with Crippen molar-refractivity contribution in [2.24, 2.45) is 0 Å².